The molecule has 1 aromatic heterocycles. The number of nitrogens with zero attached hydrogens (tertiary/aromatic N) is 2. The van der Waals surface area contributed by atoms with Crippen molar-refractivity contribution in [3.63, 3.8) is 0 Å². The lowest BCUT2D eigenvalue weighted by Crippen LogP contribution is -2.24. The van der Waals surface area contributed by atoms with Crippen molar-refractivity contribution in [1.82, 2.24) is 0 Å². The van der Waals surface area contributed by atoms with Crippen LogP contribution in [0.5, 0.6) is 0 Å². The maximum atomic E-state index is 12.0. The second kappa shape index (κ2) is 6.76. The minimum absolute atomic E-state index is 0.213. The lowest BCUT2D eigenvalue weighted by atomic mass is 10.3. The summed E-state index contributed by atoms with van der Waals surface area (Å²) < 4.78 is 5.72. The zero-order valence-electron chi connectivity index (χ0n) is 11.0. The Hall–Kier alpha value is -1.53. The largest absolute Gasteiger partial charge is 0.444 e. The Morgan fingerprint density at radius 2 is 1.95 bits per heavy atom. The molecule has 0 aliphatic heterocycles. The number of anilines is 1. The van der Waals surface area contributed by atoms with E-state index in [4.69, 9.17) is 4.42 Å². The number of aliphatic imine (C=N–C) groups is 1. The number of carbonyl (C=O) groups excluding carboxylic acids is 1. The average Bonchev–Trinajstić information content (AvgIpc) is 2.91. The van der Waals surface area contributed by atoms with E-state index < -0.39 is 5.91 Å². The van der Waals surface area contributed by atoms with Gasteiger partial charge in [0, 0.05) is 12.7 Å². The fraction of sp³-hybridized carbons (Fsp3) is 0.143. The van der Waals surface area contributed by atoms with E-state index in [1.165, 1.54) is 11.8 Å². The van der Waals surface area contributed by atoms with Crippen molar-refractivity contribution in [2.45, 2.75) is 0 Å². The van der Waals surface area contributed by atoms with Crippen molar-refractivity contribution in [1.29, 1.82) is 0 Å². The van der Waals surface area contributed by atoms with Crippen molar-refractivity contribution < 1.29 is 9.21 Å². The summed E-state index contributed by atoms with van der Waals surface area (Å²) in [6.45, 7) is 0. The Balaban J connectivity index is 2.23. The first-order valence-electron chi connectivity index (χ1n) is 5.83. The van der Waals surface area contributed by atoms with Crippen LogP contribution in [0.4, 0.5) is 5.69 Å². The molecule has 0 atom stereocenters. The highest BCUT2D eigenvalue weighted by atomic mass is 79.9. The number of amides is 1. The maximum absolute atomic E-state index is 12.0. The first kappa shape index (κ1) is 14.9. The zero-order valence-corrected chi connectivity index (χ0v) is 13.4. The molecule has 1 aromatic carbocycles. The van der Waals surface area contributed by atoms with E-state index in [9.17, 15) is 4.79 Å². The minimum atomic E-state index is -0.400. The molecule has 6 heteroatoms. The Morgan fingerprint density at radius 1 is 1.25 bits per heavy atom. The number of furan rings is 1. The quantitative estimate of drug-likeness (QED) is 0.604. The van der Waals surface area contributed by atoms with Crippen LogP contribution in [-0.4, -0.2) is 24.4 Å². The number of halogens is 1. The van der Waals surface area contributed by atoms with Gasteiger partial charge in [0.1, 0.15) is 0 Å². The van der Waals surface area contributed by atoms with Crippen LogP contribution in [0.15, 0.2) is 56.5 Å². The molecular formula is C14H13BrN2O2S. The summed E-state index contributed by atoms with van der Waals surface area (Å²) in [7, 11) is 1.87. The van der Waals surface area contributed by atoms with Gasteiger partial charge in [-0.1, -0.05) is 30.0 Å². The SMILES string of the molecule is CSC(=NC(=O)c1ccc(Br)o1)N(C)c1ccccc1. The minimum Gasteiger partial charge on any atom is -0.444 e. The molecule has 1 heterocycles. The highest BCUT2D eigenvalue weighted by Gasteiger charge is 2.14. The molecule has 0 unspecified atom stereocenters. The highest BCUT2D eigenvalue weighted by Crippen LogP contribution is 2.18. The van der Waals surface area contributed by atoms with E-state index in [1.807, 2.05) is 48.5 Å². The molecule has 2 aromatic rings. The van der Waals surface area contributed by atoms with Gasteiger partial charge in [0.05, 0.1) is 0 Å². The van der Waals surface area contributed by atoms with Crippen LogP contribution in [0.1, 0.15) is 10.6 Å². The molecule has 0 saturated carbocycles. The Morgan fingerprint density at radius 3 is 2.50 bits per heavy atom. The van der Waals surface area contributed by atoms with Crippen LogP contribution < -0.4 is 4.90 Å². The van der Waals surface area contributed by atoms with Crippen LogP contribution in [0, 0.1) is 0 Å². The number of para-hydroxylation sites is 1. The second-order valence-corrected chi connectivity index (χ2v) is 5.46. The summed E-state index contributed by atoms with van der Waals surface area (Å²) in [5.74, 6) is -0.187. The number of benzene rings is 1. The standard InChI is InChI=1S/C14H13BrN2O2S/c1-17(10-6-4-3-5-7-10)14(20-2)16-13(18)11-8-9-12(15)19-11/h3-9H,1-2H3. The molecule has 0 bridgehead atoms. The van der Waals surface area contributed by atoms with E-state index in [0.29, 0.717) is 9.84 Å². The normalized spacial score (nSPS) is 11.4. The van der Waals surface area contributed by atoms with E-state index in [2.05, 4.69) is 20.9 Å². The van der Waals surface area contributed by atoms with Crippen LogP contribution in [0.25, 0.3) is 0 Å². The predicted molar refractivity (Wildman–Crippen MR) is 86.5 cm³/mol. The van der Waals surface area contributed by atoms with Gasteiger partial charge in [-0.25, -0.2) is 0 Å². The van der Waals surface area contributed by atoms with Gasteiger partial charge in [0.2, 0.25) is 0 Å². The van der Waals surface area contributed by atoms with Crippen LogP contribution in [0.3, 0.4) is 0 Å². The zero-order chi connectivity index (χ0) is 14.5. The van der Waals surface area contributed by atoms with Gasteiger partial charge in [0.25, 0.3) is 0 Å². The van der Waals surface area contributed by atoms with Gasteiger partial charge in [-0.2, -0.15) is 4.99 Å². The van der Waals surface area contributed by atoms with Gasteiger partial charge >= 0.3 is 5.91 Å². The van der Waals surface area contributed by atoms with E-state index in [1.54, 1.807) is 12.1 Å². The third-order valence-electron chi connectivity index (χ3n) is 2.59. The van der Waals surface area contributed by atoms with Crippen molar-refractivity contribution in [2.75, 3.05) is 18.2 Å². The molecular weight excluding hydrogens is 340 g/mol. The lowest BCUT2D eigenvalue weighted by Gasteiger charge is -2.19. The molecule has 1 amide bonds. The summed E-state index contributed by atoms with van der Waals surface area (Å²) in [5.41, 5.74) is 0.967. The molecule has 0 spiro atoms. The first-order valence-corrected chi connectivity index (χ1v) is 7.84. The fourth-order valence-corrected chi connectivity index (χ4v) is 2.45. The monoisotopic (exact) mass is 352 g/mol. The van der Waals surface area contributed by atoms with Gasteiger partial charge in [-0.05, 0) is 46.5 Å². The Kier molecular flexibility index (Phi) is 5.03. The molecule has 0 aliphatic carbocycles. The van der Waals surface area contributed by atoms with Crippen LogP contribution in [-0.2, 0) is 0 Å². The number of thioether (sulfide) groups is 1. The van der Waals surface area contributed by atoms with Crippen LogP contribution >= 0.6 is 27.7 Å². The summed E-state index contributed by atoms with van der Waals surface area (Å²) in [4.78, 5) is 18.0. The summed E-state index contributed by atoms with van der Waals surface area (Å²) >= 11 is 4.57. The number of amidine groups is 1. The summed E-state index contributed by atoms with van der Waals surface area (Å²) in [6, 6.07) is 13.0. The van der Waals surface area contributed by atoms with Crippen molar-refractivity contribution in [2.24, 2.45) is 4.99 Å². The predicted octanol–water partition coefficient (Wildman–Crippen LogP) is 4.04. The van der Waals surface area contributed by atoms with Gasteiger partial charge < -0.3 is 9.32 Å². The first-order chi connectivity index (χ1) is 9.61. The van der Waals surface area contributed by atoms with Gasteiger partial charge in [-0.3, -0.25) is 4.79 Å². The van der Waals surface area contributed by atoms with E-state index >= 15 is 0 Å². The summed E-state index contributed by atoms with van der Waals surface area (Å²) in [5, 5.41) is 0.605. The molecule has 4 nitrogen and oxygen atoms in total. The van der Waals surface area contributed by atoms with Gasteiger partial charge in [-0.15, -0.1) is 0 Å². The van der Waals surface area contributed by atoms with Gasteiger partial charge in [0.15, 0.2) is 15.6 Å². The van der Waals surface area contributed by atoms with E-state index in [-0.39, 0.29) is 5.76 Å². The molecule has 0 radical (unpaired) electrons. The Labute approximate surface area is 130 Å². The van der Waals surface area contributed by atoms with E-state index in [0.717, 1.165) is 5.69 Å². The molecule has 0 saturated heterocycles. The lowest BCUT2D eigenvalue weighted by molar-refractivity contribution is 0.0975. The third kappa shape index (κ3) is 3.52. The second-order valence-electron chi connectivity index (χ2n) is 3.90. The topological polar surface area (TPSA) is 45.8 Å². The number of hydrogen-bond acceptors (Lipinski definition) is 3. The molecule has 0 fully saturated rings. The maximum Gasteiger partial charge on any atom is 0.315 e. The molecule has 104 valence electrons. The third-order valence-corrected chi connectivity index (χ3v) is 3.75. The number of hydrogen-bond donors (Lipinski definition) is 0. The van der Waals surface area contributed by atoms with Crippen molar-refractivity contribution in [3.8, 4) is 0 Å². The Bertz CT molecular complexity index is 625. The van der Waals surface area contributed by atoms with Crippen molar-refractivity contribution >= 4 is 44.5 Å². The smallest absolute Gasteiger partial charge is 0.315 e. The molecule has 0 N–H and O–H groups in total. The fourth-order valence-electron chi connectivity index (χ4n) is 1.59. The number of carbonyl (C=O) groups is 1. The molecule has 20 heavy (non-hydrogen) atoms. The molecule has 0 aliphatic rings. The number of rotatable bonds is 2. The summed E-state index contributed by atoms with van der Waals surface area (Å²) in [6.07, 6.45) is 1.88. The van der Waals surface area contributed by atoms with Crippen LogP contribution in [0.2, 0.25) is 0 Å². The van der Waals surface area contributed by atoms with Crippen molar-refractivity contribution in [3.05, 3.63) is 52.9 Å². The molecule has 2 rings (SSSR count). The average molecular weight is 353 g/mol. The highest BCUT2D eigenvalue weighted by molar-refractivity contribution is 9.10.